The first-order valence-electron chi connectivity index (χ1n) is 7.33. The summed E-state index contributed by atoms with van der Waals surface area (Å²) in [7, 11) is 0. The Morgan fingerprint density at radius 2 is 2.00 bits per heavy atom. The maximum absolute atomic E-state index is 11.7. The normalized spacial score (nSPS) is 20.1. The quantitative estimate of drug-likeness (QED) is 0.881. The SMILES string of the molecule is O=C(NCc1ccc2c(c1)OCCO2)NC[C@H]1CCCO1. The molecular weight excluding hydrogens is 272 g/mol. The van der Waals surface area contributed by atoms with E-state index < -0.39 is 0 Å². The molecule has 114 valence electrons. The topological polar surface area (TPSA) is 68.8 Å². The van der Waals surface area contributed by atoms with Gasteiger partial charge in [0.05, 0.1) is 6.10 Å². The fraction of sp³-hybridized carbons (Fsp3) is 0.533. The van der Waals surface area contributed by atoms with Crippen LogP contribution in [0.1, 0.15) is 18.4 Å². The van der Waals surface area contributed by atoms with Crippen LogP contribution in [-0.2, 0) is 11.3 Å². The fourth-order valence-corrected chi connectivity index (χ4v) is 2.45. The van der Waals surface area contributed by atoms with E-state index in [1.54, 1.807) is 0 Å². The van der Waals surface area contributed by atoms with Crippen molar-refractivity contribution in [3.8, 4) is 11.5 Å². The summed E-state index contributed by atoms with van der Waals surface area (Å²) in [5.41, 5.74) is 0.978. The fourth-order valence-electron chi connectivity index (χ4n) is 2.45. The van der Waals surface area contributed by atoms with Gasteiger partial charge >= 0.3 is 6.03 Å². The highest BCUT2D eigenvalue weighted by Crippen LogP contribution is 2.30. The first-order valence-corrected chi connectivity index (χ1v) is 7.33. The molecule has 6 heteroatoms. The van der Waals surface area contributed by atoms with Gasteiger partial charge in [-0.15, -0.1) is 0 Å². The molecule has 1 aromatic rings. The zero-order chi connectivity index (χ0) is 14.5. The van der Waals surface area contributed by atoms with E-state index in [9.17, 15) is 4.79 Å². The number of carbonyl (C=O) groups excluding carboxylic acids is 1. The third-order valence-electron chi connectivity index (χ3n) is 3.57. The van der Waals surface area contributed by atoms with Crippen molar-refractivity contribution in [3.05, 3.63) is 23.8 Å². The zero-order valence-electron chi connectivity index (χ0n) is 11.9. The van der Waals surface area contributed by atoms with Crippen LogP contribution in [0.25, 0.3) is 0 Å². The molecule has 0 aromatic heterocycles. The predicted octanol–water partition coefficient (Wildman–Crippen LogP) is 1.44. The number of fused-ring (bicyclic) bond motifs is 1. The Morgan fingerprint density at radius 3 is 2.81 bits per heavy atom. The standard InChI is InChI=1S/C15H20N2O4/c18-15(17-10-12-2-1-5-19-12)16-9-11-3-4-13-14(8-11)21-7-6-20-13/h3-4,8,12H,1-2,5-7,9-10H2,(H2,16,17,18)/t12-/m1/s1. The summed E-state index contributed by atoms with van der Waals surface area (Å²) in [6.07, 6.45) is 2.25. The smallest absolute Gasteiger partial charge is 0.315 e. The number of hydrogen-bond acceptors (Lipinski definition) is 4. The summed E-state index contributed by atoms with van der Waals surface area (Å²) in [5, 5.41) is 5.65. The molecule has 2 aliphatic heterocycles. The van der Waals surface area contributed by atoms with Crippen molar-refractivity contribution in [2.75, 3.05) is 26.4 Å². The van der Waals surface area contributed by atoms with Gasteiger partial charge in [-0.2, -0.15) is 0 Å². The van der Waals surface area contributed by atoms with Gasteiger partial charge in [-0.3, -0.25) is 0 Å². The lowest BCUT2D eigenvalue weighted by atomic mass is 10.2. The minimum absolute atomic E-state index is 0.157. The van der Waals surface area contributed by atoms with Crippen LogP contribution < -0.4 is 20.1 Å². The Labute approximate surface area is 123 Å². The van der Waals surface area contributed by atoms with Gasteiger partial charge in [0.25, 0.3) is 0 Å². The molecule has 2 heterocycles. The number of urea groups is 1. The Bertz CT molecular complexity index is 500. The summed E-state index contributed by atoms with van der Waals surface area (Å²) in [6, 6.07) is 5.51. The van der Waals surface area contributed by atoms with Gasteiger partial charge in [-0.25, -0.2) is 4.79 Å². The average Bonchev–Trinajstić information content (AvgIpc) is 3.04. The van der Waals surface area contributed by atoms with E-state index in [2.05, 4.69) is 10.6 Å². The first kappa shape index (κ1) is 14.0. The average molecular weight is 292 g/mol. The molecule has 6 nitrogen and oxygen atoms in total. The Kier molecular flexibility index (Phi) is 4.45. The number of carbonyl (C=O) groups is 1. The minimum atomic E-state index is -0.180. The number of ether oxygens (including phenoxy) is 3. The molecule has 1 atom stereocenters. The lowest BCUT2D eigenvalue weighted by Gasteiger charge is -2.19. The van der Waals surface area contributed by atoms with E-state index in [-0.39, 0.29) is 12.1 Å². The van der Waals surface area contributed by atoms with Crippen molar-refractivity contribution in [2.24, 2.45) is 0 Å². The monoisotopic (exact) mass is 292 g/mol. The lowest BCUT2D eigenvalue weighted by molar-refractivity contribution is 0.111. The molecule has 2 amide bonds. The van der Waals surface area contributed by atoms with E-state index in [0.29, 0.717) is 26.3 Å². The van der Waals surface area contributed by atoms with Gasteiger partial charge < -0.3 is 24.8 Å². The van der Waals surface area contributed by atoms with Gasteiger partial charge in [-0.1, -0.05) is 6.07 Å². The molecule has 0 saturated carbocycles. The van der Waals surface area contributed by atoms with Crippen LogP contribution in [0.4, 0.5) is 4.79 Å². The summed E-state index contributed by atoms with van der Waals surface area (Å²) in [5.74, 6) is 1.49. The van der Waals surface area contributed by atoms with Crippen molar-refractivity contribution < 1.29 is 19.0 Å². The molecule has 0 radical (unpaired) electrons. The zero-order valence-corrected chi connectivity index (χ0v) is 11.9. The molecule has 2 N–H and O–H groups in total. The van der Waals surface area contributed by atoms with E-state index in [1.807, 2.05) is 18.2 Å². The Balaban J connectivity index is 1.44. The first-order chi connectivity index (χ1) is 10.3. The Hall–Kier alpha value is -1.95. The maximum atomic E-state index is 11.7. The highest BCUT2D eigenvalue weighted by molar-refractivity contribution is 5.73. The van der Waals surface area contributed by atoms with E-state index in [0.717, 1.165) is 36.5 Å². The van der Waals surface area contributed by atoms with E-state index >= 15 is 0 Å². The summed E-state index contributed by atoms with van der Waals surface area (Å²) >= 11 is 0. The van der Waals surface area contributed by atoms with E-state index in [1.165, 1.54) is 0 Å². The number of amides is 2. The van der Waals surface area contributed by atoms with Crippen molar-refractivity contribution in [1.29, 1.82) is 0 Å². The summed E-state index contributed by atoms with van der Waals surface area (Å²) < 4.78 is 16.4. The van der Waals surface area contributed by atoms with Crippen LogP contribution in [-0.4, -0.2) is 38.5 Å². The highest BCUT2D eigenvalue weighted by Gasteiger charge is 2.16. The van der Waals surface area contributed by atoms with Gasteiger partial charge in [-0.05, 0) is 30.5 Å². The van der Waals surface area contributed by atoms with Gasteiger partial charge in [0.1, 0.15) is 13.2 Å². The second-order valence-electron chi connectivity index (χ2n) is 5.18. The second kappa shape index (κ2) is 6.67. The Morgan fingerprint density at radius 1 is 1.14 bits per heavy atom. The molecule has 21 heavy (non-hydrogen) atoms. The van der Waals surface area contributed by atoms with Crippen LogP contribution in [0.2, 0.25) is 0 Å². The summed E-state index contributed by atoms with van der Waals surface area (Å²) in [6.45, 7) is 2.95. The van der Waals surface area contributed by atoms with E-state index in [4.69, 9.17) is 14.2 Å². The number of benzene rings is 1. The van der Waals surface area contributed by atoms with Crippen molar-refractivity contribution >= 4 is 6.03 Å². The molecular formula is C15H20N2O4. The third kappa shape index (κ3) is 3.78. The number of rotatable bonds is 4. The molecule has 3 rings (SSSR count). The van der Waals surface area contributed by atoms with Crippen LogP contribution in [0, 0.1) is 0 Å². The minimum Gasteiger partial charge on any atom is -0.486 e. The second-order valence-corrected chi connectivity index (χ2v) is 5.18. The van der Waals surface area contributed by atoms with Gasteiger partial charge in [0.15, 0.2) is 11.5 Å². The number of hydrogen-bond donors (Lipinski definition) is 2. The van der Waals surface area contributed by atoms with Crippen LogP contribution in [0.5, 0.6) is 11.5 Å². The largest absolute Gasteiger partial charge is 0.486 e. The van der Waals surface area contributed by atoms with Crippen molar-refractivity contribution in [3.63, 3.8) is 0 Å². The molecule has 0 aliphatic carbocycles. The molecule has 0 unspecified atom stereocenters. The van der Waals surface area contributed by atoms with Crippen LogP contribution in [0.15, 0.2) is 18.2 Å². The van der Waals surface area contributed by atoms with Crippen LogP contribution in [0.3, 0.4) is 0 Å². The molecule has 0 bridgehead atoms. The van der Waals surface area contributed by atoms with Crippen molar-refractivity contribution in [1.82, 2.24) is 10.6 Å². The maximum Gasteiger partial charge on any atom is 0.315 e. The molecule has 1 fully saturated rings. The van der Waals surface area contributed by atoms with Gasteiger partial charge in [0.2, 0.25) is 0 Å². The van der Waals surface area contributed by atoms with Crippen LogP contribution >= 0.6 is 0 Å². The van der Waals surface area contributed by atoms with Crippen molar-refractivity contribution in [2.45, 2.75) is 25.5 Å². The predicted molar refractivity (Wildman–Crippen MR) is 76.6 cm³/mol. The lowest BCUT2D eigenvalue weighted by Crippen LogP contribution is -2.39. The summed E-state index contributed by atoms with van der Waals surface area (Å²) in [4.78, 5) is 11.7. The molecule has 0 spiro atoms. The van der Waals surface area contributed by atoms with Gasteiger partial charge in [0, 0.05) is 19.7 Å². The highest BCUT2D eigenvalue weighted by atomic mass is 16.6. The third-order valence-corrected chi connectivity index (χ3v) is 3.57. The molecule has 1 aromatic carbocycles. The molecule has 2 aliphatic rings. The number of nitrogens with one attached hydrogen (secondary N) is 2. The molecule has 1 saturated heterocycles.